The molecule has 0 saturated heterocycles. The monoisotopic (exact) mass is 212 g/mol. The van der Waals surface area contributed by atoms with Crippen molar-refractivity contribution in [2.45, 2.75) is 18.9 Å². The van der Waals surface area contributed by atoms with Crippen molar-refractivity contribution in [2.75, 3.05) is 13.2 Å². The number of rotatable bonds is 3. The number of allylic oxidation sites excluding steroid dienone is 1. The van der Waals surface area contributed by atoms with E-state index in [1.165, 1.54) is 12.8 Å². The van der Waals surface area contributed by atoms with E-state index in [0.717, 1.165) is 5.92 Å². The number of aliphatic hydroxyl groups is 1. The van der Waals surface area contributed by atoms with Crippen LogP contribution in [0.4, 0.5) is 0 Å². The van der Waals surface area contributed by atoms with E-state index >= 15 is 0 Å². The number of hydrogen-bond donors (Lipinski definition) is 3. The molecule has 2 bridgehead atoms. The van der Waals surface area contributed by atoms with Gasteiger partial charge >= 0.3 is 0 Å². The van der Waals surface area contributed by atoms with Gasteiger partial charge in [-0.05, 0) is 36.9 Å². The Morgan fingerprint density at radius 2 is 2.29 bits per heavy atom. The van der Waals surface area contributed by atoms with Crippen LogP contribution in [-0.4, -0.2) is 29.4 Å². The molecule has 2 rings (SSSR count). The Morgan fingerprint density at radius 3 is 2.86 bits per heavy atom. The number of aliphatic hydroxyl groups excluding tert-OH is 1. The van der Waals surface area contributed by atoms with Gasteiger partial charge in [-0.2, -0.15) is 0 Å². The van der Waals surface area contributed by atoms with Gasteiger partial charge in [0.1, 0.15) is 0 Å². The van der Waals surface area contributed by atoms with Gasteiger partial charge in [0.05, 0.1) is 6.61 Å². The maximum atomic E-state index is 8.62. The predicted molar refractivity (Wildman–Crippen MR) is 60.0 cm³/mol. The average molecular weight is 212 g/mol. The molecule has 3 N–H and O–H groups in total. The van der Waals surface area contributed by atoms with Gasteiger partial charge in [0.15, 0.2) is 5.11 Å². The molecule has 2 aliphatic carbocycles. The fourth-order valence-electron chi connectivity index (χ4n) is 2.34. The summed E-state index contributed by atoms with van der Waals surface area (Å²) in [6.07, 6.45) is 7.08. The van der Waals surface area contributed by atoms with Crippen molar-refractivity contribution < 1.29 is 5.11 Å². The minimum absolute atomic E-state index is 0.123. The second kappa shape index (κ2) is 4.28. The highest BCUT2D eigenvalue weighted by molar-refractivity contribution is 7.80. The SMILES string of the molecule is OCCNC(=S)N[C@H]1C[C@H]2C=C[C@@H]1C2. The molecule has 0 spiro atoms. The largest absolute Gasteiger partial charge is 0.395 e. The second-order valence-electron chi connectivity index (χ2n) is 4.01. The van der Waals surface area contributed by atoms with Crippen LogP contribution in [0.1, 0.15) is 12.8 Å². The molecule has 0 heterocycles. The van der Waals surface area contributed by atoms with Gasteiger partial charge in [-0.25, -0.2) is 0 Å². The molecule has 0 aromatic carbocycles. The molecule has 0 amide bonds. The zero-order valence-corrected chi connectivity index (χ0v) is 8.89. The number of nitrogens with one attached hydrogen (secondary N) is 2. The van der Waals surface area contributed by atoms with Crippen LogP contribution in [0, 0.1) is 11.8 Å². The van der Waals surface area contributed by atoms with E-state index in [0.29, 0.717) is 23.6 Å². The van der Waals surface area contributed by atoms with E-state index in [4.69, 9.17) is 17.3 Å². The summed E-state index contributed by atoms with van der Waals surface area (Å²) in [6.45, 7) is 0.654. The van der Waals surface area contributed by atoms with E-state index in [1.54, 1.807) is 0 Å². The van der Waals surface area contributed by atoms with Crippen LogP contribution in [0.25, 0.3) is 0 Å². The molecule has 0 aliphatic heterocycles. The minimum atomic E-state index is 0.123. The number of fused-ring (bicyclic) bond motifs is 2. The van der Waals surface area contributed by atoms with Gasteiger partial charge in [-0.1, -0.05) is 12.2 Å². The summed E-state index contributed by atoms with van der Waals surface area (Å²) >= 11 is 5.11. The molecule has 0 aromatic heterocycles. The molecule has 3 atom stereocenters. The van der Waals surface area contributed by atoms with Crippen LogP contribution in [0.15, 0.2) is 12.2 Å². The van der Waals surface area contributed by atoms with Gasteiger partial charge in [0.2, 0.25) is 0 Å². The second-order valence-corrected chi connectivity index (χ2v) is 4.42. The lowest BCUT2D eigenvalue weighted by Crippen LogP contribution is -2.44. The van der Waals surface area contributed by atoms with Crippen molar-refractivity contribution in [2.24, 2.45) is 11.8 Å². The number of hydrogen-bond acceptors (Lipinski definition) is 2. The molecule has 0 radical (unpaired) electrons. The molecule has 0 aromatic rings. The van der Waals surface area contributed by atoms with Crippen LogP contribution in [-0.2, 0) is 0 Å². The van der Waals surface area contributed by atoms with Crippen LogP contribution in [0.5, 0.6) is 0 Å². The fourth-order valence-corrected chi connectivity index (χ4v) is 2.59. The highest BCUT2D eigenvalue weighted by Gasteiger charge is 2.35. The lowest BCUT2D eigenvalue weighted by atomic mass is 10.0. The highest BCUT2D eigenvalue weighted by Crippen LogP contribution is 2.38. The molecule has 78 valence electrons. The Hall–Kier alpha value is -0.610. The third-order valence-electron chi connectivity index (χ3n) is 2.99. The topological polar surface area (TPSA) is 44.3 Å². The molecule has 3 nitrogen and oxygen atoms in total. The third-order valence-corrected chi connectivity index (χ3v) is 3.25. The summed E-state index contributed by atoms with van der Waals surface area (Å²) in [5.41, 5.74) is 0. The normalized spacial score (nSPS) is 33.4. The molecule has 14 heavy (non-hydrogen) atoms. The van der Waals surface area contributed by atoms with E-state index < -0.39 is 0 Å². The van der Waals surface area contributed by atoms with E-state index in [1.807, 2.05) is 0 Å². The number of thiocarbonyl (C=S) groups is 1. The summed E-state index contributed by atoms with van der Waals surface area (Å²) in [6, 6.07) is 0.503. The Balaban J connectivity index is 1.76. The molecule has 4 heteroatoms. The van der Waals surface area contributed by atoms with Crippen molar-refractivity contribution in [3.63, 3.8) is 0 Å². The van der Waals surface area contributed by atoms with Gasteiger partial charge in [-0.3, -0.25) is 0 Å². The lowest BCUT2D eigenvalue weighted by Gasteiger charge is -2.21. The van der Waals surface area contributed by atoms with Gasteiger partial charge in [0, 0.05) is 12.6 Å². The summed E-state index contributed by atoms with van der Waals surface area (Å²) in [5, 5.41) is 15.6. The van der Waals surface area contributed by atoms with Crippen LogP contribution < -0.4 is 10.6 Å². The maximum Gasteiger partial charge on any atom is 0.166 e. The molecular formula is C10H16N2OS. The molecule has 1 saturated carbocycles. The quantitative estimate of drug-likeness (QED) is 0.468. The third kappa shape index (κ3) is 2.07. The van der Waals surface area contributed by atoms with Crippen LogP contribution >= 0.6 is 12.2 Å². The Bertz CT molecular complexity index is 255. The van der Waals surface area contributed by atoms with Crippen molar-refractivity contribution in [1.29, 1.82) is 0 Å². The zero-order chi connectivity index (χ0) is 9.97. The molecular weight excluding hydrogens is 196 g/mol. The average Bonchev–Trinajstić information content (AvgIpc) is 2.76. The molecule has 0 unspecified atom stereocenters. The van der Waals surface area contributed by atoms with Gasteiger partial charge in [-0.15, -0.1) is 0 Å². The summed E-state index contributed by atoms with van der Waals surface area (Å²) in [4.78, 5) is 0. The summed E-state index contributed by atoms with van der Waals surface area (Å²) in [5.74, 6) is 1.42. The van der Waals surface area contributed by atoms with Crippen LogP contribution in [0.2, 0.25) is 0 Å². The maximum absolute atomic E-state index is 8.62. The van der Waals surface area contributed by atoms with E-state index in [2.05, 4.69) is 22.8 Å². The first-order valence-electron chi connectivity index (χ1n) is 5.13. The smallest absolute Gasteiger partial charge is 0.166 e. The van der Waals surface area contributed by atoms with Crippen molar-refractivity contribution in [3.05, 3.63) is 12.2 Å². The van der Waals surface area contributed by atoms with Gasteiger partial charge in [0.25, 0.3) is 0 Å². The standard InChI is InChI=1S/C10H16N2OS/c13-4-3-11-10(14)12-9-6-7-1-2-8(9)5-7/h1-2,7-9,13H,3-6H2,(H2,11,12,14)/t7-,8+,9-/m0/s1. The van der Waals surface area contributed by atoms with Gasteiger partial charge < -0.3 is 15.7 Å². The summed E-state index contributed by atoms with van der Waals surface area (Å²) < 4.78 is 0. The van der Waals surface area contributed by atoms with Crippen molar-refractivity contribution in [1.82, 2.24) is 10.6 Å². The Morgan fingerprint density at radius 1 is 1.43 bits per heavy atom. The first-order valence-corrected chi connectivity index (χ1v) is 5.54. The van der Waals surface area contributed by atoms with Crippen molar-refractivity contribution in [3.8, 4) is 0 Å². The lowest BCUT2D eigenvalue weighted by molar-refractivity contribution is 0.300. The predicted octanol–water partition coefficient (Wildman–Crippen LogP) is 0.407. The molecule has 1 fully saturated rings. The van der Waals surface area contributed by atoms with Crippen LogP contribution in [0.3, 0.4) is 0 Å². The fraction of sp³-hybridized carbons (Fsp3) is 0.700. The first kappa shape index (κ1) is 9.93. The van der Waals surface area contributed by atoms with E-state index in [9.17, 15) is 0 Å². The minimum Gasteiger partial charge on any atom is -0.395 e. The zero-order valence-electron chi connectivity index (χ0n) is 8.07. The van der Waals surface area contributed by atoms with E-state index in [-0.39, 0.29) is 6.61 Å². The summed E-state index contributed by atoms with van der Waals surface area (Å²) in [7, 11) is 0. The Labute approximate surface area is 89.6 Å². The Kier molecular flexibility index (Phi) is 3.03. The molecule has 2 aliphatic rings. The first-order chi connectivity index (χ1) is 6.79. The highest BCUT2D eigenvalue weighted by atomic mass is 32.1. The van der Waals surface area contributed by atoms with Crippen molar-refractivity contribution >= 4 is 17.3 Å².